The highest BCUT2D eigenvalue weighted by atomic mass is 16.6. The van der Waals surface area contributed by atoms with Gasteiger partial charge >= 0.3 is 0 Å². The zero-order valence-corrected chi connectivity index (χ0v) is 10.3. The topological polar surface area (TPSA) is 42.0 Å². The lowest BCUT2D eigenvalue weighted by Gasteiger charge is -2.35. The fourth-order valence-corrected chi connectivity index (χ4v) is 2.98. The van der Waals surface area contributed by atoms with Crippen LogP contribution in [0.2, 0.25) is 0 Å². The first-order valence-corrected chi connectivity index (χ1v) is 6.51. The standard InChI is InChI=1S/C14H20O3/c1-10-4-2-3-5-11(10)12-6-7-14(9-16-14)13(8-15)17-12/h4,6-7,11-13,15H,2-3,5,8-9H2,1H3/t11?,12-,13+,14+/m0/s1. The maximum Gasteiger partial charge on any atom is 0.138 e. The Balaban J connectivity index is 1.77. The second-order valence-corrected chi connectivity index (χ2v) is 5.36. The van der Waals surface area contributed by atoms with E-state index in [1.807, 2.05) is 0 Å². The van der Waals surface area contributed by atoms with E-state index >= 15 is 0 Å². The number of hydrogen-bond donors (Lipinski definition) is 1. The maximum atomic E-state index is 9.40. The molecule has 1 spiro atoms. The molecule has 17 heavy (non-hydrogen) atoms. The van der Waals surface area contributed by atoms with E-state index in [4.69, 9.17) is 9.47 Å². The van der Waals surface area contributed by atoms with Crippen molar-refractivity contribution in [2.24, 2.45) is 5.92 Å². The van der Waals surface area contributed by atoms with Gasteiger partial charge in [0.05, 0.1) is 19.3 Å². The molecule has 3 nitrogen and oxygen atoms in total. The Kier molecular flexibility index (Phi) is 2.85. The van der Waals surface area contributed by atoms with E-state index in [9.17, 15) is 5.11 Å². The summed E-state index contributed by atoms with van der Waals surface area (Å²) in [7, 11) is 0. The molecule has 2 aliphatic heterocycles. The highest BCUT2D eigenvalue weighted by Gasteiger charge is 2.53. The minimum absolute atomic E-state index is 0.0380. The van der Waals surface area contributed by atoms with Crippen LogP contribution in [0.25, 0.3) is 0 Å². The van der Waals surface area contributed by atoms with Gasteiger partial charge in [0.15, 0.2) is 0 Å². The van der Waals surface area contributed by atoms with Crippen LogP contribution >= 0.6 is 0 Å². The van der Waals surface area contributed by atoms with Crippen LogP contribution < -0.4 is 0 Å². The van der Waals surface area contributed by atoms with E-state index in [-0.39, 0.29) is 24.4 Å². The summed E-state index contributed by atoms with van der Waals surface area (Å²) in [5.41, 5.74) is 1.12. The summed E-state index contributed by atoms with van der Waals surface area (Å²) in [6.45, 7) is 2.91. The number of allylic oxidation sites excluding steroid dienone is 1. The van der Waals surface area contributed by atoms with Crippen molar-refractivity contribution in [3.8, 4) is 0 Å². The molecule has 0 aromatic carbocycles. The van der Waals surface area contributed by atoms with Crippen LogP contribution in [-0.4, -0.2) is 36.1 Å². The smallest absolute Gasteiger partial charge is 0.138 e. The Bertz CT molecular complexity index is 354. The second-order valence-electron chi connectivity index (χ2n) is 5.36. The molecule has 0 aromatic heterocycles. The molecule has 0 saturated carbocycles. The predicted octanol–water partition coefficient (Wildman–Crippen LogP) is 1.82. The first-order chi connectivity index (χ1) is 8.25. The van der Waals surface area contributed by atoms with E-state index in [0.29, 0.717) is 12.5 Å². The molecule has 0 amide bonds. The fraction of sp³-hybridized carbons (Fsp3) is 0.714. The molecule has 94 valence electrons. The molecule has 2 heterocycles. The lowest BCUT2D eigenvalue weighted by molar-refractivity contribution is -0.0749. The third kappa shape index (κ3) is 1.96. The molecule has 0 radical (unpaired) electrons. The highest BCUT2D eigenvalue weighted by Crippen LogP contribution is 2.41. The van der Waals surface area contributed by atoms with Crippen molar-refractivity contribution in [2.45, 2.75) is 44.0 Å². The van der Waals surface area contributed by atoms with Crippen molar-refractivity contribution in [1.82, 2.24) is 0 Å². The van der Waals surface area contributed by atoms with Crippen molar-refractivity contribution < 1.29 is 14.6 Å². The first-order valence-electron chi connectivity index (χ1n) is 6.51. The summed E-state index contributed by atoms with van der Waals surface area (Å²) in [6.07, 6.45) is 10.1. The van der Waals surface area contributed by atoms with Gasteiger partial charge in [-0.1, -0.05) is 17.7 Å². The van der Waals surface area contributed by atoms with Crippen LogP contribution in [0.15, 0.2) is 23.8 Å². The summed E-state index contributed by atoms with van der Waals surface area (Å²) < 4.78 is 11.4. The van der Waals surface area contributed by atoms with Crippen molar-refractivity contribution in [1.29, 1.82) is 0 Å². The Hall–Kier alpha value is -0.640. The Morgan fingerprint density at radius 1 is 1.53 bits per heavy atom. The third-order valence-electron chi connectivity index (χ3n) is 4.24. The van der Waals surface area contributed by atoms with Crippen LogP contribution in [0.5, 0.6) is 0 Å². The summed E-state index contributed by atoms with van der Waals surface area (Å²) in [5, 5.41) is 9.40. The number of rotatable bonds is 2. The lowest BCUT2D eigenvalue weighted by atomic mass is 9.82. The monoisotopic (exact) mass is 236 g/mol. The van der Waals surface area contributed by atoms with Crippen LogP contribution in [0.4, 0.5) is 0 Å². The molecule has 4 atom stereocenters. The van der Waals surface area contributed by atoms with Gasteiger partial charge in [0.25, 0.3) is 0 Å². The first kappa shape index (κ1) is 11.5. The minimum atomic E-state index is -0.308. The van der Waals surface area contributed by atoms with Crippen molar-refractivity contribution in [3.63, 3.8) is 0 Å². The normalized spacial score (nSPS) is 44.8. The molecule has 3 rings (SSSR count). The van der Waals surface area contributed by atoms with Gasteiger partial charge in [0.2, 0.25) is 0 Å². The summed E-state index contributed by atoms with van der Waals surface area (Å²) in [6, 6.07) is 0. The number of hydrogen-bond acceptors (Lipinski definition) is 3. The van der Waals surface area contributed by atoms with Gasteiger partial charge in [0.1, 0.15) is 11.7 Å². The second kappa shape index (κ2) is 4.23. The summed E-state index contributed by atoms with van der Waals surface area (Å²) in [5.74, 6) is 0.477. The Morgan fingerprint density at radius 3 is 3.00 bits per heavy atom. The molecule has 3 aliphatic rings. The van der Waals surface area contributed by atoms with Gasteiger partial charge in [0, 0.05) is 5.92 Å². The van der Waals surface area contributed by atoms with E-state index in [2.05, 4.69) is 25.2 Å². The highest BCUT2D eigenvalue weighted by molar-refractivity contribution is 5.22. The largest absolute Gasteiger partial charge is 0.394 e. The number of ether oxygens (including phenoxy) is 2. The van der Waals surface area contributed by atoms with Crippen molar-refractivity contribution in [2.75, 3.05) is 13.2 Å². The third-order valence-corrected chi connectivity index (χ3v) is 4.24. The van der Waals surface area contributed by atoms with E-state index in [1.165, 1.54) is 24.8 Å². The molecule has 1 saturated heterocycles. The molecule has 1 unspecified atom stereocenters. The van der Waals surface area contributed by atoms with E-state index in [1.54, 1.807) is 0 Å². The molecule has 0 aromatic rings. The Morgan fingerprint density at radius 2 is 2.35 bits per heavy atom. The molecule has 3 heteroatoms. The van der Waals surface area contributed by atoms with Gasteiger partial charge in [-0.15, -0.1) is 0 Å². The molecular formula is C14H20O3. The number of aliphatic hydroxyl groups is 1. The van der Waals surface area contributed by atoms with Crippen molar-refractivity contribution in [3.05, 3.63) is 23.8 Å². The molecule has 1 fully saturated rings. The summed E-state index contributed by atoms with van der Waals surface area (Å²) in [4.78, 5) is 0. The van der Waals surface area contributed by atoms with Crippen LogP contribution in [0.1, 0.15) is 26.2 Å². The predicted molar refractivity (Wildman–Crippen MR) is 64.7 cm³/mol. The molecule has 0 bridgehead atoms. The fourth-order valence-electron chi connectivity index (χ4n) is 2.98. The zero-order chi connectivity index (χ0) is 11.9. The lowest BCUT2D eigenvalue weighted by Crippen LogP contribution is -2.43. The maximum absolute atomic E-state index is 9.40. The van der Waals surface area contributed by atoms with Crippen LogP contribution in [0.3, 0.4) is 0 Å². The zero-order valence-electron chi connectivity index (χ0n) is 10.3. The van der Waals surface area contributed by atoms with Crippen molar-refractivity contribution >= 4 is 0 Å². The van der Waals surface area contributed by atoms with Gasteiger partial charge in [-0.05, 0) is 32.3 Å². The van der Waals surface area contributed by atoms with Gasteiger partial charge < -0.3 is 14.6 Å². The molecular weight excluding hydrogens is 216 g/mol. The summed E-state index contributed by atoms with van der Waals surface area (Å²) >= 11 is 0. The van der Waals surface area contributed by atoms with Crippen LogP contribution in [-0.2, 0) is 9.47 Å². The van der Waals surface area contributed by atoms with Crippen LogP contribution in [0, 0.1) is 5.92 Å². The molecule has 1 N–H and O–H groups in total. The quantitative estimate of drug-likeness (QED) is 0.587. The minimum Gasteiger partial charge on any atom is -0.394 e. The van der Waals surface area contributed by atoms with Gasteiger partial charge in [-0.2, -0.15) is 0 Å². The Labute approximate surface area is 102 Å². The average Bonchev–Trinajstić information content (AvgIpc) is 3.11. The SMILES string of the molecule is CC1=CCCCC1[C@@H]1C=C[C@@]2(CO2)[C@@H](CO)O1. The van der Waals surface area contributed by atoms with E-state index < -0.39 is 0 Å². The van der Waals surface area contributed by atoms with Gasteiger partial charge in [-0.3, -0.25) is 0 Å². The van der Waals surface area contributed by atoms with E-state index in [0.717, 1.165) is 0 Å². The molecule has 1 aliphatic carbocycles. The van der Waals surface area contributed by atoms with Gasteiger partial charge in [-0.25, -0.2) is 0 Å². The number of epoxide rings is 1. The number of aliphatic hydroxyl groups excluding tert-OH is 1. The average molecular weight is 236 g/mol.